The van der Waals surface area contributed by atoms with Gasteiger partial charge in [0.2, 0.25) is 17.7 Å². The van der Waals surface area contributed by atoms with E-state index in [1.165, 1.54) is 0 Å². The summed E-state index contributed by atoms with van der Waals surface area (Å²) in [5.41, 5.74) is 1.36. The Labute approximate surface area is 166 Å². The van der Waals surface area contributed by atoms with Crippen LogP contribution >= 0.6 is 0 Å². The second-order valence-corrected chi connectivity index (χ2v) is 7.80. The summed E-state index contributed by atoms with van der Waals surface area (Å²) in [5.74, 6) is 0.377. The number of anilines is 2. The first kappa shape index (κ1) is 20.2. The fourth-order valence-electron chi connectivity index (χ4n) is 3.88. The van der Waals surface area contributed by atoms with Crippen molar-refractivity contribution < 1.29 is 19.1 Å². The summed E-state index contributed by atoms with van der Waals surface area (Å²) in [7, 11) is 1.56. The van der Waals surface area contributed by atoms with Gasteiger partial charge in [0.05, 0.1) is 18.7 Å². The topological polar surface area (TPSA) is 79.0 Å². The zero-order valence-electron chi connectivity index (χ0n) is 16.9. The number of amides is 3. The number of carbonyl (C=O) groups excluding carboxylic acids is 3. The molecule has 2 saturated heterocycles. The van der Waals surface area contributed by atoms with E-state index in [-0.39, 0.29) is 29.6 Å². The molecule has 152 valence electrons. The van der Waals surface area contributed by atoms with E-state index >= 15 is 0 Å². The second kappa shape index (κ2) is 8.63. The minimum absolute atomic E-state index is 0.0630. The standard InChI is InChI=1S/C21H29N3O4/c1-14(2)21(27)23-10-4-6-15(13-23)20(26)22-16-8-9-17(18(12-16)28-3)24-11-5-7-19(24)25/h8-9,12,14-15H,4-7,10-11,13H2,1-3H3,(H,22,26). The molecule has 7 nitrogen and oxygen atoms in total. The van der Waals surface area contributed by atoms with Gasteiger partial charge in [0, 0.05) is 43.7 Å². The summed E-state index contributed by atoms with van der Waals surface area (Å²) in [6.45, 7) is 5.62. The summed E-state index contributed by atoms with van der Waals surface area (Å²) in [6.07, 6.45) is 2.99. The van der Waals surface area contributed by atoms with Crippen LogP contribution in [0.25, 0.3) is 0 Å². The third kappa shape index (κ3) is 4.29. The average Bonchev–Trinajstić information content (AvgIpc) is 3.12. The van der Waals surface area contributed by atoms with Crippen molar-refractivity contribution >= 4 is 29.1 Å². The number of rotatable bonds is 5. The second-order valence-electron chi connectivity index (χ2n) is 7.80. The van der Waals surface area contributed by atoms with Gasteiger partial charge < -0.3 is 19.9 Å². The lowest BCUT2D eigenvalue weighted by Crippen LogP contribution is -2.45. The first-order valence-electron chi connectivity index (χ1n) is 9.98. The Morgan fingerprint density at radius 1 is 1.21 bits per heavy atom. The summed E-state index contributed by atoms with van der Waals surface area (Å²) in [5, 5.41) is 2.94. The van der Waals surface area contributed by atoms with Crippen molar-refractivity contribution in [2.75, 3.05) is 37.0 Å². The molecule has 0 saturated carbocycles. The highest BCUT2D eigenvalue weighted by molar-refractivity contribution is 5.98. The smallest absolute Gasteiger partial charge is 0.229 e. The van der Waals surface area contributed by atoms with Crippen LogP contribution < -0.4 is 15.0 Å². The number of methoxy groups -OCH3 is 1. The van der Waals surface area contributed by atoms with E-state index in [2.05, 4.69) is 5.32 Å². The van der Waals surface area contributed by atoms with Gasteiger partial charge in [-0.1, -0.05) is 13.8 Å². The van der Waals surface area contributed by atoms with Crippen LogP contribution in [0.3, 0.4) is 0 Å². The van der Waals surface area contributed by atoms with Crippen LogP contribution in [0.5, 0.6) is 5.75 Å². The van der Waals surface area contributed by atoms with Gasteiger partial charge in [0.15, 0.2) is 0 Å². The largest absolute Gasteiger partial charge is 0.494 e. The van der Waals surface area contributed by atoms with Crippen LogP contribution in [-0.2, 0) is 14.4 Å². The molecule has 28 heavy (non-hydrogen) atoms. The Morgan fingerprint density at radius 2 is 2.00 bits per heavy atom. The molecule has 0 radical (unpaired) electrons. The van der Waals surface area contributed by atoms with Crippen LogP contribution in [0, 0.1) is 11.8 Å². The number of benzene rings is 1. The molecule has 0 aromatic heterocycles. The molecular formula is C21H29N3O4. The maximum atomic E-state index is 12.7. The molecule has 3 amide bonds. The van der Waals surface area contributed by atoms with Crippen LogP contribution in [0.1, 0.15) is 39.5 Å². The Kier molecular flexibility index (Phi) is 6.21. The fraction of sp³-hybridized carbons (Fsp3) is 0.571. The van der Waals surface area contributed by atoms with Crippen LogP contribution in [0.15, 0.2) is 18.2 Å². The molecule has 1 unspecified atom stereocenters. The molecule has 2 fully saturated rings. The molecule has 1 N–H and O–H groups in total. The van der Waals surface area contributed by atoms with E-state index in [4.69, 9.17) is 4.74 Å². The molecule has 3 rings (SSSR count). The zero-order valence-corrected chi connectivity index (χ0v) is 16.9. The molecule has 2 heterocycles. The Morgan fingerprint density at radius 3 is 2.64 bits per heavy atom. The van der Waals surface area contributed by atoms with Crippen LogP contribution in [0.4, 0.5) is 11.4 Å². The van der Waals surface area contributed by atoms with Crippen molar-refractivity contribution in [3.63, 3.8) is 0 Å². The predicted molar refractivity (Wildman–Crippen MR) is 107 cm³/mol. The first-order valence-corrected chi connectivity index (χ1v) is 9.98. The number of ether oxygens (including phenoxy) is 1. The molecule has 0 bridgehead atoms. The fourth-order valence-corrected chi connectivity index (χ4v) is 3.88. The highest BCUT2D eigenvalue weighted by Gasteiger charge is 2.30. The third-order valence-corrected chi connectivity index (χ3v) is 5.41. The van der Waals surface area contributed by atoms with E-state index in [1.54, 1.807) is 29.0 Å². The van der Waals surface area contributed by atoms with Gasteiger partial charge in [-0.25, -0.2) is 0 Å². The summed E-state index contributed by atoms with van der Waals surface area (Å²) >= 11 is 0. The van der Waals surface area contributed by atoms with Crippen molar-refractivity contribution in [3.05, 3.63) is 18.2 Å². The van der Waals surface area contributed by atoms with Gasteiger partial charge in [0.25, 0.3) is 0 Å². The number of hydrogen-bond acceptors (Lipinski definition) is 4. The summed E-state index contributed by atoms with van der Waals surface area (Å²) in [6, 6.07) is 5.35. The Balaban J connectivity index is 1.68. The number of nitrogens with one attached hydrogen (secondary N) is 1. The molecule has 0 spiro atoms. The summed E-state index contributed by atoms with van der Waals surface area (Å²) < 4.78 is 5.45. The third-order valence-electron chi connectivity index (χ3n) is 5.41. The van der Waals surface area contributed by atoms with E-state index in [0.29, 0.717) is 37.5 Å². The van der Waals surface area contributed by atoms with Gasteiger partial charge in [0.1, 0.15) is 5.75 Å². The highest BCUT2D eigenvalue weighted by atomic mass is 16.5. The van der Waals surface area contributed by atoms with Crippen LogP contribution in [0.2, 0.25) is 0 Å². The maximum absolute atomic E-state index is 12.7. The van der Waals surface area contributed by atoms with E-state index in [1.807, 2.05) is 19.9 Å². The van der Waals surface area contributed by atoms with Crippen molar-refractivity contribution in [2.45, 2.75) is 39.5 Å². The van der Waals surface area contributed by atoms with Gasteiger partial charge >= 0.3 is 0 Å². The number of nitrogens with zero attached hydrogens (tertiary/aromatic N) is 2. The van der Waals surface area contributed by atoms with Gasteiger partial charge in [-0.2, -0.15) is 0 Å². The number of likely N-dealkylation sites (tertiary alicyclic amines) is 1. The van der Waals surface area contributed by atoms with Gasteiger partial charge in [-0.15, -0.1) is 0 Å². The van der Waals surface area contributed by atoms with Crippen molar-refractivity contribution in [1.29, 1.82) is 0 Å². The normalized spacial score (nSPS) is 19.9. The number of carbonyl (C=O) groups is 3. The lowest BCUT2D eigenvalue weighted by Gasteiger charge is -2.33. The van der Waals surface area contributed by atoms with E-state index < -0.39 is 0 Å². The minimum Gasteiger partial charge on any atom is -0.494 e. The quantitative estimate of drug-likeness (QED) is 0.842. The molecular weight excluding hydrogens is 358 g/mol. The molecule has 1 aromatic carbocycles. The monoisotopic (exact) mass is 387 g/mol. The van der Waals surface area contributed by atoms with E-state index in [0.717, 1.165) is 24.9 Å². The minimum atomic E-state index is -0.220. The molecule has 2 aliphatic heterocycles. The maximum Gasteiger partial charge on any atom is 0.229 e. The molecule has 0 aliphatic carbocycles. The first-order chi connectivity index (χ1) is 13.4. The van der Waals surface area contributed by atoms with Crippen molar-refractivity contribution in [3.8, 4) is 5.75 Å². The Hall–Kier alpha value is -2.57. The average molecular weight is 387 g/mol. The van der Waals surface area contributed by atoms with Crippen molar-refractivity contribution in [2.24, 2.45) is 11.8 Å². The van der Waals surface area contributed by atoms with Crippen molar-refractivity contribution in [1.82, 2.24) is 4.90 Å². The SMILES string of the molecule is COc1cc(NC(=O)C2CCCN(C(=O)C(C)C)C2)ccc1N1CCCC1=O. The van der Waals surface area contributed by atoms with Gasteiger partial charge in [-0.3, -0.25) is 14.4 Å². The summed E-state index contributed by atoms with van der Waals surface area (Å²) in [4.78, 5) is 40.5. The van der Waals surface area contributed by atoms with Crippen LogP contribution in [-0.4, -0.2) is 49.4 Å². The number of hydrogen-bond donors (Lipinski definition) is 1. The number of piperidine rings is 1. The molecule has 1 aromatic rings. The molecule has 2 aliphatic rings. The predicted octanol–water partition coefficient (Wildman–Crippen LogP) is 2.66. The Bertz CT molecular complexity index is 762. The molecule has 7 heteroatoms. The highest BCUT2D eigenvalue weighted by Crippen LogP contribution is 2.34. The molecule has 1 atom stereocenters. The van der Waals surface area contributed by atoms with Gasteiger partial charge in [-0.05, 0) is 31.4 Å². The zero-order chi connectivity index (χ0) is 20.3. The van der Waals surface area contributed by atoms with E-state index in [9.17, 15) is 14.4 Å². The lowest BCUT2D eigenvalue weighted by molar-refractivity contribution is -0.137. The lowest BCUT2D eigenvalue weighted by atomic mass is 9.96.